The van der Waals surface area contributed by atoms with E-state index in [0.717, 1.165) is 38.0 Å². The van der Waals surface area contributed by atoms with Crippen LogP contribution in [0.1, 0.15) is 51.2 Å². The Morgan fingerprint density at radius 3 is 2.56 bits per heavy atom. The van der Waals surface area contributed by atoms with Crippen LogP contribution in [0.2, 0.25) is 0 Å². The van der Waals surface area contributed by atoms with Crippen LogP contribution >= 0.6 is 0 Å². The van der Waals surface area contributed by atoms with Crippen molar-refractivity contribution in [2.24, 2.45) is 10.9 Å². The van der Waals surface area contributed by atoms with E-state index >= 15 is 0 Å². The summed E-state index contributed by atoms with van der Waals surface area (Å²) >= 11 is 0. The van der Waals surface area contributed by atoms with Gasteiger partial charge in [-0.15, -0.1) is 0 Å². The quantitative estimate of drug-likeness (QED) is 0.374. The molecule has 1 saturated heterocycles. The topological polar surface area (TPSA) is 48.9 Å². The van der Waals surface area contributed by atoms with E-state index in [1.54, 1.807) is 0 Å². The largest absolute Gasteiger partial charge is 0.374 e. The van der Waals surface area contributed by atoms with Crippen molar-refractivity contribution in [1.29, 1.82) is 0 Å². The fourth-order valence-electron chi connectivity index (χ4n) is 3.57. The number of hydrogen-bond donors (Lipinski definition) is 2. The van der Waals surface area contributed by atoms with Crippen molar-refractivity contribution in [3.8, 4) is 0 Å². The highest BCUT2D eigenvalue weighted by molar-refractivity contribution is 5.79. The Kier molecular flexibility index (Phi) is 10.2. The molecule has 1 heterocycles. The Balaban J connectivity index is 1.51. The summed E-state index contributed by atoms with van der Waals surface area (Å²) in [5.74, 6) is 1.75. The fourth-order valence-corrected chi connectivity index (χ4v) is 3.57. The van der Waals surface area contributed by atoms with E-state index < -0.39 is 0 Å². The molecule has 0 spiro atoms. The highest BCUT2D eigenvalue weighted by Crippen LogP contribution is 2.19. The number of aliphatic imine (C=N–C) groups is 1. The predicted octanol–water partition coefficient (Wildman–Crippen LogP) is 3.44. The Morgan fingerprint density at radius 2 is 1.89 bits per heavy atom. The van der Waals surface area contributed by atoms with Gasteiger partial charge in [0.2, 0.25) is 0 Å². The third kappa shape index (κ3) is 8.31. The van der Waals surface area contributed by atoms with Crippen molar-refractivity contribution < 1.29 is 4.74 Å². The lowest BCUT2D eigenvalue weighted by molar-refractivity contribution is 0.0646. The van der Waals surface area contributed by atoms with Gasteiger partial charge >= 0.3 is 0 Å². The number of ether oxygens (including phenoxy) is 1. The van der Waals surface area contributed by atoms with Crippen LogP contribution in [0.4, 0.5) is 0 Å². The zero-order chi connectivity index (χ0) is 19.3. The highest BCUT2D eigenvalue weighted by Gasteiger charge is 2.17. The lowest BCUT2D eigenvalue weighted by Crippen LogP contribution is -2.40. The van der Waals surface area contributed by atoms with Crippen LogP contribution in [0.25, 0.3) is 0 Å². The molecule has 2 N–H and O–H groups in total. The minimum Gasteiger partial charge on any atom is -0.374 e. The molecule has 0 bridgehead atoms. The lowest BCUT2D eigenvalue weighted by atomic mass is 9.93. The summed E-state index contributed by atoms with van der Waals surface area (Å²) in [5.41, 5.74) is 1.23. The van der Waals surface area contributed by atoms with Gasteiger partial charge in [-0.05, 0) is 63.7 Å². The number of rotatable bonds is 10. The monoisotopic (exact) mass is 374 g/mol. The van der Waals surface area contributed by atoms with Gasteiger partial charge in [-0.25, -0.2) is 0 Å². The summed E-state index contributed by atoms with van der Waals surface area (Å²) in [7, 11) is 1.84. The number of nitrogens with one attached hydrogen (secondary N) is 2. The summed E-state index contributed by atoms with van der Waals surface area (Å²) in [6, 6.07) is 10.4. The van der Waals surface area contributed by atoms with Crippen molar-refractivity contribution in [2.45, 2.75) is 45.6 Å². The zero-order valence-electron chi connectivity index (χ0n) is 17.4. The molecule has 1 aromatic carbocycles. The van der Waals surface area contributed by atoms with E-state index in [2.05, 4.69) is 58.6 Å². The van der Waals surface area contributed by atoms with Gasteiger partial charge in [-0.2, -0.15) is 0 Å². The van der Waals surface area contributed by atoms with Crippen LogP contribution in [-0.4, -0.2) is 57.2 Å². The smallest absolute Gasteiger partial charge is 0.190 e. The van der Waals surface area contributed by atoms with E-state index in [1.165, 1.54) is 44.5 Å². The average Bonchev–Trinajstić information content (AvgIpc) is 2.73. The number of guanidine groups is 1. The second-order valence-electron chi connectivity index (χ2n) is 7.37. The first-order valence-corrected chi connectivity index (χ1v) is 10.6. The molecule has 0 radical (unpaired) electrons. The molecule has 1 aliphatic heterocycles. The molecule has 152 valence electrons. The molecule has 0 aromatic heterocycles. The van der Waals surface area contributed by atoms with Crippen LogP contribution in [0, 0.1) is 5.92 Å². The Bertz CT molecular complexity index is 526. The van der Waals surface area contributed by atoms with Crippen LogP contribution in [0.15, 0.2) is 35.3 Å². The summed E-state index contributed by atoms with van der Waals surface area (Å²) in [5, 5.41) is 6.84. The van der Waals surface area contributed by atoms with Gasteiger partial charge in [0.15, 0.2) is 5.96 Å². The van der Waals surface area contributed by atoms with Gasteiger partial charge in [-0.1, -0.05) is 37.3 Å². The van der Waals surface area contributed by atoms with Gasteiger partial charge in [0, 0.05) is 26.7 Å². The van der Waals surface area contributed by atoms with Gasteiger partial charge < -0.3 is 20.3 Å². The third-order valence-electron chi connectivity index (χ3n) is 5.47. The number of piperidine rings is 1. The van der Waals surface area contributed by atoms with E-state index in [-0.39, 0.29) is 6.10 Å². The fraction of sp³-hybridized carbons (Fsp3) is 0.682. The highest BCUT2D eigenvalue weighted by atomic mass is 16.5. The SMILES string of the molecule is CCN1CCC(CCNC(=NC)NCCCOC(C)c2ccccc2)CC1. The molecule has 1 fully saturated rings. The van der Waals surface area contributed by atoms with E-state index in [1.807, 2.05) is 13.1 Å². The maximum atomic E-state index is 5.92. The average molecular weight is 375 g/mol. The van der Waals surface area contributed by atoms with Gasteiger partial charge in [0.1, 0.15) is 0 Å². The number of likely N-dealkylation sites (tertiary alicyclic amines) is 1. The molecule has 1 atom stereocenters. The maximum absolute atomic E-state index is 5.92. The minimum absolute atomic E-state index is 0.141. The van der Waals surface area contributed by atoms with E-state index in [9.17, 15) is 0 Å². The van der Waals surface area contributed by atoms with Crippen molar-refractivity contribution in [3.05, 3.63) is 35.9 Å². The second kappa shape index (κ2) is 12.7. The summed E-state index contributed by atoms with van der Waals surface area (Å²) in [4.78, 5) is 6.87. The Labute approximate surface area is 165 Å². The van der Waals surface area contributed by atoms with Gasteiger partial charge in [0.25, 0.3) is 0 Å². The molecule has 0 aliphatic carbocycles. The third-order valence-corrected chi connectivity index (χ3v) is 5.47. The first-order chi connectivity index (χ1) is 13.2. The summed E-state index contributed by atoms with van der Waals surface area (Å²) in [6.07, 6.45) is 5.00. The van der Waals surface area contributed by atoms with Crippen LogP contribution in [0.3, 0.4) is 0 Å². The van der Waals surface area contributed by atoms with Crippen molar-refractivity contribution in [1.82, 2.24) is 15.5 Å². The molecule has 27 heavy (non-hydrogen) atoms. The zero-order valence-corrected chi connectivity index (χ0v) is 17.4. The summed E-state index contributed by atoms with van der Waals surface area (Å²) in [6.45, 7) is 10.7. The van der Waals surface area contributed by atoms with E-state index in [0.29, 0.717) is 0 Å². The predicted molar refractivity (Wildman–Crippen MR) is 114 cm³/mol. The Hall–Kier alpha value is -1.59. The number of hydrogen-bond acceptors (Lipinski definition) is 3. The molecule has 0 saturated carbocycles. The minimum atomic E-state index is 0.141. The molecule has 5 nitrogen and oxygen atoms in total. The normalized spacial score (nSPS) is 17.7. The van der Waals surface area contributed by atoms with Crippen molar-refractivity contribution in [2.75, 3.05) is 46.4 Å². The molecule has 0 amide bonds. The van der Waals surface area contributed by atoms with E-state index in [4.69, 9.17) is 4.74 Å². The van der Waals surface area contributed by atoms with Crippen LogP contribution < -0.4 is 10.6 Å². The molecule has 2 rings (SSSR count). The molecular formula is C22H38N4O. The number of benzene rings is 1. The van der Waals surface area contributed by atoms with Crippen LogP contribution in [-0.2, 0) is 4.74 Å². The molecule has 5 heteroatoms. The summed E-state index contributed by atoms with van der Waals surface area (Å²) < 4.78 is 5.92. The van der Waals surface area contributed by atoms with Crippen molar-refractivity contribution in [3.63, 3.8) is 0 Å². The van der Waals surface area contributed by atoms with Crippen molar-refractivity contribution >= 4 is 5.96 Å². The molecule has 1 aromatic rings. The maximum Gasteiger partial charge on any atom is 0.190 e. The second-order valence-corrected chi connectivity index (χ2v) is 7.37. The first kappa shape index (κ1) is 21.7. The molecule has 1 aliphatic rings. The van der Waals surface area contributed by atoms with Gasteiger partial charge in [-0.3, -0.25) is 4.99 Å². The number of nitrogens with zero attached hydrogens (tertiary/aromatic N) is 2. The standard InChI is InChI=1S/C22H38N4O/c1-4-26-16-12-20(13-17-26)11-15-25-22(23-3)24-14-8-18-27-19(2)21-9-6-5-7-10-21/h5-7,9-10,19-20H,4,8,11-18H2,1-3H3,(H2,23,24,25). The van der Waals surface area contributed by atoms with Gasteiger partial charge in [0.05, 0.1) is 6.10 Å². The first-order valence-electron chi connectivity index (χ1n) is 10.6. The molecule has 1 unspecified atom stereocenters. The lowest BCUT2D eigenvalue weighted by Gasteiger charge is -2.31. The van der Waals surface area contributed by atoms with Crippen LogP contribution in [0.5, 0.6) is 0 Å². The molecular weight excluding hydrogens is 336 g/mol. The Morgan fingerprint density at radius 1 is 1.19 bits per heavy atom.